The SMILES string of the molecule is O=C(NC1CCN(C(=O)CCc2ccccc2)C1)C1CCNCC1. The molecule has 1 unspecified atom stereocenters. The van der Waals surface area contributed by atoms with Crippen molar-refractivity contribution in [3.63, 3.8) is 0 Å². The molecule has 2 amide bonds. The highest BCUT2D eigenvalue weighted by Gasteiger charge is 2.29. The van der Waals surface area contributed by atoms with E-state index in [1.54, 1.807) is 0 Å². The van der Waals surface area contributed by atoms with Crippen LogP contribution in [0.1, 0.15) is 31.2 Å². The molecule has 2 fully saturated rings. The summed E-state index contributed by atoms with van der Waals surface area (Å²) >= 11 is 0. The zero-order valence-electron chi connectivity index (χ0n) is 14.2. The monoisotopic (exact) mass is 329 g/mol. The molecule has 2 heterocycles. The first kappa shape index (κ1) is 17.0. The molecule has 2 aliphatic rings. The molecule has 0 saturated carbocycles. The lowest BCUT2D eigenvalue weighted by Crippen LogP contribution is -2.44. The normalized spacial score (nSPS) is 21.7. The number of benzene rings is 1. The van der Waals surface area contributed by atoms with Gasteiger partial charge < -0.3 is 15.5 Å². The molecule has 0 spiro atoms. The third-order valence-electron chi connectivity index (χ3n) is 5.07. The molecule has 1 aromatic carbocycles. The van der Waals surface area contributed by atoms with Gasteiger partial charge in [-0.25, -0.2) is 0 Å². The summed E-state index contributed by atoms with van der Waals surface area (Å²) in [5.41, 5.74) is 1.20. The first-order chi connectivity index (χ1) is 11.7. The maximum absolute atomic E-state index is 12.4. The number of likely N-dealkylation sites (tertiary alicyclic amines) is 1. The number of nitrogens with zero attached hydrogens (tertiary/aromatic N) is 1. The van der Waals surface area contributed by atoms with E-state index >= 15 is 0 Å². The summed E-state index contributed by atoms with van der Waals surface area (Å²) in [5.74, 6) is 0.492. The van der Waals surface area contributed by atoms with Crippen molar-refractivity contribution in [1.82, 2.24) is 15.5 Å². The molecule has 3 rings (SSSR count). The van der Waals surface area contributed by atoms with Crippen LogP contribution in [0.25, 0.3) is 0 Å². The van der Waals surface area contributed by atoms with Crippen LogP contribution in [-0.4, -0.2) is 48.9 Å². The maximum Gasteiger partial charge on any atom is 0.223 e. The van der Waals surface area contributed by atoms with Crippen molar-refractivity contribution >= 4 is 11.8 Å². The molecule has 130 valence electrons. The minimum Gasteiger partial charge on any atom is -0.351 e. The van der Waals surface area contributed by atoms with Crippen molar-refractivity contribution in [2.75, 3.05) is 26.2 Å². The molecular formula is C19H27N3O2. The smallest absolute Gasteiger partial charge is 0.223 e. The van der Waals surface area contributed by atoms with E-state index in [2.05, 4.69) is 22.8 Å². The number of piperidine rings is 1. The van der Waals surface area contributed by atoms with Gasteiger partial charge in [0.1, 0.15) is 0 Å². The number of carbonyl (C=O) groups is 2. The van der Waals surface area contributed by atoms with Crippen molar-refractivity contribution < 1.29 is 9.59 Å². The van der Waals surface area contributed by atoms with E-state index in [-0.39, 0.29) is 23.8 Å². The van der Waals surface area contributed by atoms with Gasteiger partial charge in [-0.1, -0.05) is 30.3 Å². The summed E-state index contributed by atoms with van der Waals surface area (Å²) in [6.45, 7) is 3.26. The van der Waals surface area contributed by atoms with E-state index in [9.17, 15) is 9.59 Å². The van der Waals surface area contributed by atoms with Crippen LogP contribution in [0.3, 0.4) is 0 Å². The van der Waals surface area contributed by atoms with E-state index in [0.717, 1.165) is 45.3 Å². The molecule has 5 heteroatoms. The lowest BCUT2D eigenvalue weighted by Gasteiger charge is -2.24. The third-order valence-corrected chi connectivity index (χ3v) is 5.07. The molecular weight excluding hydrogens is 302 g/mol. The Hall–Kier alpha value is -1.88. The zero-order chi connectivity index (χ0) is 16.8. The molecule has 0 aromatic heterocycles. The van der Waals surface area contributed by atoms with E-state index in [4.69, 9.17) is 0 Å². The molecule has 1 atom stereocenters. The highest BCUT2D eigenvalue weighted by molar-refractivity contribution is 5.80. The number of rotatable bonds is 5. The molecule has 0 aliphatic carbocycles. The minimum absolute atomic E-state index is 0.119. The molecule has 24 heavy (non-hydrogen) atoms. The highest BCUT2D eigenvalue weighted by atomic mass is 16.2. The Bertz CT molecular complexity index is 555. The minimum atomic E-state index is 0.119. The number of carbonyl (C=O) groups excluding carboxylic acids is 2. The van der Waals surface area contributed by atoms with Crippen LogP contribution in [-0.2, 0) is 16.0 Å². The van der Waals surface area contributed by atoms with Gasteiger partial charge in [0.2, 0.25) is 11.8 Å². The van der Waals surface area contributed by atoms with Gasteiger partial charge in [-0.2, -0.15) is 0 Å². The fourth-order valence-electron chi connectivity index (χ4n) is 3.56. The molecule has 5 nitrogen and oxygen atoms in total. The lowest BCUT2D eigenvalue weighted by atomic mass is 9.97. The van der Waals surface area contributed by atoms with Gasteiger partial charge in [-0.15, -0.1) is 0 Å². The fraction of sp³-hybridized carbons (Fsp3) is 0.579. The van der Waals surface area contributed by atoms with Gasteiger partial charge in [-0.3, -0.25) is 9.59 Å². The Kier molecular flexibility index (Phi) is 5.86. The molecule has 0 radical (unpaired) electrons. The number of amides is 2. The van der Waals surface area contributed by atoms with Gasteiger partial charge in [0.05, 0.1) is 0 Å². The van der Waals surface area contributed by atoms with Crippen LogP contribution in [0.5, 0.6) is 0 Å². The van der Waals surface area contributed by atoms with E-state index < -0.39 is 0 Å². The summed E-state index contributed by atoms with van der Waals surface area (Å²) < 4.78 is 0. The molecule has 2 saturated heterocycles. The summed E-state index contributed by atoms with van der Waals surface area (Å²) in [7, 11) is 0. The number of nitrogens with one attached hydrogen (secondary N) is 2. The number of hydrogen-bond acceptors (Lipinski definition) is 3. The topological polar surface area (TPSA) is 61.4 Å². The predicted molar refractivity (Wildman–Crippen MR) is 93.5 cm³/mol. The number of aryl methyl sites for hydroxylation is 1. The second-order valence-electron chi connectivity index (χ2n) is 6.84. The van der Waals surface area contributed by atoms with Crippen LogP contribution in [0.4, 0.5) is 0 Å². The Morgan fingerprint density at radius 2 is 1.88 bits per heavy atom. The van der Waals surface area contributed by atoms with Crippen molar-refractivity contribution in [2.45, 2.75) is 38.1 Å². The average Bonchev–Trinajstić information content (AvgIpc) is 3.10. The Morgan fingerprint density at radius 3 is 2.62 bits per heavy atom. The molecule has 2 N–H and O–H groups in total. The van der Waals surface area contributed by atoms with Gasteiger partial charge in [0, 0.05) is 31.5 Å². The van der Waals surface area contributed by atoms with E-state index in [0.29, 0.717) is 13.0 Å². The Labute approximate surface area is 143 Å². The van der Waals surface area contributed by atoms with Crippen molar-refractivity contribution in [1.29, 1.82) is 0 Å². The molecule has 1 aromatic rings. The number of hydrogen-bond donors (Lipinski definition) is 2. The summed E-state index contributed by atoms with van der Waals surface area (Å²) in [5, 5.41) is 6.43. The highest BCUT2D eigenvalue weighted by Crippen LogP contribution is 2.16. The summed E-state index contributed by atoms with van der Waals surface area (Å²) in [4.78, 5) is 26.6. The largest absolute Gasteiger partial charge is 0.351 e. The van der Waals surface area contributed by atoms with Crippen LogP contribution >= 0.6 is 0 Å². The first-order valence-electron chi connectivity index (χ1n) is 9.05. The van der Waals surface area contributed by atoms with Gasteiger partial charge in [-0.05, 0) is 44.3 Å². The van der Waals surface area contributed by atoms with Gasteiger partial charge in [0.15, 0.2) is 0 Å². The molecule has 2 aliphatic heterocycles. The second-order valence-corrected chi connectivity index (χ2v) is 6.84. The van der Waals surface area contributed by atoms with E-state index in [1.807, 2.05) is 23.1 Å². The van der Waals surface area contributed by atoms with Gasteiger partial charge in [0.25, 0.3) is 0 Å². The van der Waals surface area contributed by atoms with Gasteiger partial charge >= 0.3 is 0 Å². The van der Waals surface area contributed by atoms with Crippen LogP contribution in [0, 0.1) is 5.92 Å². The van der Waals surface area contributed by atoms with Crippen LogP contribution in [0.15, 0.2) is 30.3 Å². The standard InChI is InChI=1S/C19H27N3O2/c23-18(7-6-15-4-2-1-3-5-15)22-13-10-17(14-22)21-19(24)16-8-11-20-12-9-16/h1-5,16-17,20H,6-14H2,(H,21,24). The second kappa shape index (κ2) is 8.29. The van der Waals surface area contributed by atoms with Crippen molar-refractivity contribution in [3.8, 4) is 0 Å². The quantitative estimate of drug-likeness (QED) is 0.857. The van der Waals surface area contributed by atoms with E-state index in [1.165, 1.54) is 5.56 Å². The molecule has 0 bridgehead atoms. The first-order valence-corrected chi connectivity index (χ1v) is 9.05. The Balaban J connectivity index is 1.41. The van der Waals surface area contributed by atoms with Crippen LogP contribution in [0.2, 0.25) is 0 Å². The summed E-state index contributed by atoms with van der Waals surface area (Å²) in [6, 6.07) is 10.2. The maximum atomic E-state index is 12.4. The zero-order valence-corrected chi connectivity index (χ0v) is 14.2. The average molecular weight is 329 g/mol. The summed E-state index contributed by atoms with van der Waals surface area (Å²) in [6.07, 6.45) is 4.02. The third kappa shape index (κ3) is 4.57. The lowest BCUT2D eigenvalue weighted by molar-refractivity contribution is -0.131. The fourth-order valence-corrected chi connectivity index (χ4v) is 3.56. The van der Waals surface area contributed by atoms with Crippen LogP contribution < -0.4 is 10.6 Å². The predicted octanol–water partition coefficient (Wildman–Crippen LogP) is 1.34. The van der Waals surface area contributed by atoms with Crippen molar-refractivity contribution in [3.05, 3.63) is 35.9 Å². The van der Waals surface area contributed by atoms with Crippen molar-refractivity contribution in [2.24, 2.45) is 5.92 Å². The Morgan fingerprint density at radius 1 is 1.12 bits per heavy atom.